The molecule has 0 saturated carbocycles. The maximum atomic E-state index is 11.5. The van der Waals surface area contributed by atoms with E-state index < -0.39 is 23.7 Å². The number of methoxy groups -OCH3 is 1. The van der Waals surface area contributed by atoms with Gasteiger partial charge in [0.05, 0.1) is 18.4 Å². The summed E-state index contributed by atoms with van der Waals surface area (Å²) in [6, 6.07) is 4.12. The van der Waals surface area contributed by atoms with E-state index in [4.69, 9.17) is 5.73 Å². The van der Waals surface area contributed by atoms with Crippen LogP contribution in [0.1, 0.15) is 15.9 Å². The first-order valence-electron chi connectivity index (χ1n) is 5.35. The fraction of sp³-hybridized carbons (Fsp3) is 0.250. The second-order valence-electron chi connectivity index (χ2n) is 4.00. The van der Waals surface area contributed by atoms with Crippen LogP contribution in [0.5, 0.6) is 0 Å². The van der Waals surface area contributed by atoms with Crippen molar-refractivity contribution in [2.75, 3.05) is 12.4 Å². The van der Waals surface area contributed by atoms with Crippen molar-refractivity contribution >= 4 is 23.3 Å². The molecule has 18 heavy (non-hydrogen) atoms. The van der Waals surface area contributed by atoms with Gasteiger partial charge in [-0.2, -0.15) is 0 Å². The summed E-state index contributed by atoms with van der Waals surface area (Å²) in [4.78, 5) is 33.8. The van der Waals surface area contributed by atoms with E-state index in [0.29, 0.717) is 16.8 Å². The topological polar surface area (TPSA) is 98.5 Å². The van der Waals surface area contributed by atoms with E-state index in [1.165, 1.54) is 7.11 Å². The van der Waals surface area contributed by atoms with Crippen molar-refractivity contribution in [1.29, 1.82) is 0 Å². The number of hydrogen-bond donors (Lipinski definition) is 2. The van der Waals surface area contributed by atoms with Crippen LogP contribution in [0.3, 0.4) is 0 Å². The Morgan fingerprint density at radius 3 is 2.83 bits per heavy atom. The number of esters is 1. The molecule has 0 fully saturated rings. The van der Waals surface area contributed by atoms with Crippen LogP contribution in [-0.2, 0) is 20.7 Å². The molecule has 1 atom stereocenters. The van der Waals surface area contributed by atoms with Crippen LogP contribution >= 0.6 is 0 Å². The molecule has 1 aromatic carbocycles. The molecule has 1 aliphatic heterocycles. The highest BCUT2D eigenvalue weighted by Gasteiger charge is 2.28. The van der Waals surface area contributed by atoms with Gasteiger partial charge in [-0.25, -0.2) is 0 Å². The minimum atomic E-state index is -0.784. The smallest absolute Gasteiger partial charge is 0.322 e. The van der Waals surface area contributed by atoms with E-state index in [1.807, 2.05) is 0 Å². The molecule has 0 radical (unpaired) electrons. The van der Waals surface area contributed by atoms with Gasteiger partial charge in [-0.05, 0) is 24.1 Å². The summed E-state index contributed by atoms with van der Waals surface area (Å²) >= 11 is 0. The minimum absolute atomic E-state index is 0.251. The Hall–Kier alpha value is -2.21. The van der Waals surface area contributed by atoms with Crippen LogP contribution in [0.15, 0.2) is 18.2 Å². The predicted molar refractivity (Wildman–Crippen MR) is 63.1 cm³/mol. The molecule has 0 aliphatic carbocycles. The van der Waals surface area contributed by atoms with E-state index in [9.17, 15) is 14.4 Å². The maximum Gasteiger partial charge on any atom is 0.322 e. The first-order chi connectivity index (χ1) is 8.52. The van der Waals surface area contributed by atoms with Gasteiger partial charge in [0.2, 0.25) is 0 Å². The second kappa shape index (κ2) is 4.58. The van der Waals surface area contributed by atoms with Crippen molar-refractivity contribution in [3.05, 3.63) is 29.3 Å². The number of rotatable bonds is 3. The Kier molecular flexibility index (Phi) is 3.12. The van der Waals surface area contributed by atoms with E-state index in [-0.39, 0.29) is 6.42 Å². The monoisotopic (exact) mass is 248 g/mol. The molecular weight excluding hydrogens is 236 g/mol. The summed E-state index contributed by atoms with van der Waals surface area (Å²) in [5.41, 5.74) is 7.13. The van der Waals surface area contributed by atoms with E-state index in [0.717, 1.165) is 0 Å². The molecule has 2 rings (SSSR count). The van der Waals surface area contributed by atoms with Gasteiger partial charge >= 0.3 is 5.97 Å². The number of carbonyl (C=O) groups excluding carboxylic acids is 3. The Balaban J connectivity index is 2.21. The standard InChI is InChI=1S/C12H12N2O4/c1-18-12(17)8(13)5-6-2-3-9-7(4-6)10(15)11(16)14-9/h2-4,8H,5,13H2,1H3,(H,14,15,16)/t8-/m0/s1. The lowest BCUT2D eigenvalue weighted by Crippen LogP contribution is -2.33. The highest BCUT2D eigenvalue weighted by Crippen LogP contribution is 2.24. The normalized spacial score (nSPS) is 15.0. The van der Waals surface area contributed by atoms with Crippen LogP contribution in [-0.4, -0.2) is 30.8 Å². The maximum absolute atomic E-state index is 11.5. The summed E-state index contributed by atoms with van der Waals surface area (Å²) in [5, 5.41) is 2.45. The molecule has 6 nitrogen and oxygen atoms in total. The number of Topliss-reactive ketones (excluding diaryl/α,β-unsaturated/α-hetero) is 1. The average Bonchev–Trinajstić information content (AvgIpc) is 2.64. The first-order valence-corrected chi connectivity index (χ1v) is 5.35. The van der Waals surface area contributed by atoms with Crippen molar-refractivity contribution < 1.29 is 19.1 Å². The molecule has 1 heterocycles. The van der Waals surface area contributed by atoms with Crippen LogP contribution in [0.2, 0.25) is 0 Å². The Morgan fingerprint density at radius 2 is 2.17 bits per heavy atom. The Bertz CT molecular complexity index is 539. The SMILES string of the molecule is COC(=O)[C@@H](N)Cc1ccc2c(c1)C(=O)C(=O)N2. The molecule has 1 aliphatic rings. The van der Waals surface area contributed by atoms with Gasteiger partial charge in [0.25, 0.3) is 11.7 Å². The average molecular weight is 248 g/mol. The molecule has 0 spiro atoms. The Labute approximate surface area is 103 Å². The van der Waals surface area contributed by atoms with Crippen LogP contribution < -0.4 is 11.1 Å². The number of ketones is 1. The molecule has 94 valence electrons. The highest BCUT2D eigenvalue weighted by atomic mass is 16.5. The van der Waals surface area contributed by atoms with Gasteiger partial charge in [0.1, 0.15) is 6.04 Å². The van der Waals surface area contributed by atoms with E-state index >= 15 is 0 Å². The third-order valence-corrected chi connectivity index (χ3v) is 2.74. The summed E-state index contributed by atoms with van der Waals surface area (Å²) in [6.07, 6.45) is 0.251. The van der Waals surface area contributed by atoms with Crippen molar-refractivity contribution in [1.82, 2.24) is 0 Å². The molecule has 6 heteroatoms. The number of ether oxygens (including phenoxy) is 1. The number of amides is 1. The highest BCUT2D eigenvalue weighted by molar-refractivity contribution is 6.51. The summed E-state index contributed by atoms with van der Waals surface area (Å²) < 4.78 is 4.52. The quantitative estimate of drug-likeness (QED) is 0.573. The fourth-order valence-corrected chi connectivity index (χ4v) is 1.81. The molecule has 0 aromatic heterocycles. The van der Waals surface area contributed by atoms with Gasteiger partial charge < -0.3 is 15.8 Å². The second-order valence-corrected chi connectivity index (χ2v) is 4.00. The number of anilines is 1. The van der Waals surface area contributed by atoms with Gasteiger partial charge in [-0.3, -0.25) is 14.4 Å². The third-order valence-electron chi connectivity index (χ3n) is 2.74. The molecular formula is C12H12N2O4. The Morgan fingerprint density at radius 1 is 1.44 bits per heavy atom. The summed E-state index contributed by atoms with van der Waals surface area (Å²) in [6.45, 7) is 0. The molecule has 1 amide bonds. The zero-order chi connectivity index (χ0) is 13.3. The minimum Gasteiger partial charge on any atom is -0.468 e. The molecule has 0 saturated heterocycles. The van der Waals surface area contributed by atoms with Crippen molar-refractivity contribution in [3.63, 3.8) is 0 Å². The van der Waals surface area contributed by atoms with Crippen molar-refractivity contribution in [3.8, 4) is 0 Å². The first kappa shape index (κ1) is 12.3. The number of benzene rings is 1. The number of carbonyl (C=O) groups is 3. The van der Waals surface area contributed by atoms with Crippen molar-refractivity contribution in [2.45, 2.75) is 12.5 Å². The number of hydrogen-bond acceptors (Lipinski definition) is 5. The van der Waals surface area contributed by atoms with E-state index in [2.05, 4.69) is 10.1 Å². The zero-order valence-electron chi connectivity index (χ0n) is 9.73. The zero-order valence-corrected chi connectivity index (χ0v) is 9.73. The molecule has 0 bridgehead atoms. The van der Waals surface area contributed by atoms with Crippen LogP contribution in [0.25, 0.3) is 0 Å². The number of nitrogens with two attached hydrogens (primary N) is 1. The summed E-state index contributed by atoms with van der Waals surface area (Å²) in [7, 11) is 1.26. The number of nitrogens with one attached hydrogen (secondary N) is 1. The van der Waals surface area contributed by atoms with Gasteiger partial charge in [-0.15, -0.1) is 0 Å². The lowest BCUT2D eigenvalue weighted by Gasteiger charge is -2.09. The molecule has 3 N–H and O–H groups in total. The lowest BCUT2D eigenvalue weighted by molar-refractivity contribution is -0.142. The summed E-state index contributed by atoms with van der Waals surface area (Å²) in [5.74, 6) is -1.73. The van der Waals surface area contributed by atoms with Gasteiger partial charge in [0, 0.05) is 0 Å². The molecule has 0 unspecified atom stereocenters. The molecule has 1 aromatic rings. The third kappa shape index (κ3) is 2.10. The van der Waals surface area contributed by atoms with Crippen molar-refractivity contribution in [2.24, 2.45) is 5.73 Å². The van der Waals surface area contributed by atoms with Crippen LogP contribution in [0, 0.1) is 0 Å². The number of fused-ring (bicyclic) bond motifs is 1. The van der Waals surface area contributed by atoms with Crippen LogP contribution in [0.4, 0.5) is 5.69 Å². The van der Waals surface area contributed by atoms with E-state index in [1.54, 1.807) is 18.2 Å². The van der Waals surface area contributed by atoms with Gasteiger partial charge in [0.15, 0.2) is 0 Å². The van der Waals surface area contributed by atoms with Gasteiger partial charge in [-0.1, -0.05) is 6.07 Å². The largest absolute Gasteiger partial charge is 0.468 e. The fourth-order valence-electron chi connectivity index (χ4n) is 1.81. The lowest BCUT2D eigenvalue weighted by atomic mass is 10.0. The predicted octanol–water partition coefficient (Wildman–Crippen LogP) is -0.136.